The number of amides is 1. The smallest absolute Gasteiger partial charge is 0.274 e. The van der Waals surface area contributed by atoms with Crippen molar-refractivity contribution in [3.8, 4) is 11.6 Å². The lowest BCUT2D eigenvalue weighted by Crippen LogP contribution is -2.39. The van der Waals surface area contributed by atoms with E-state index in [4.69, 9.17) is 4.74 Å². The quantitative estimate of drug-likeness (QED) is 0.697. The van der Waals surface area contributed by atoms with Crippen molar-refractivity contribution in [2.45, 2.75) is 25.7 Å². The van der Waals surface area contributed by atoms with Gasteiger partial charge in [-0.3, -0.25) is 14.5 Å². The van der Waals surface area contributed by atoms with E-state index >= 15 is 0 Å². The first kappa shape index (κ1) is 18.2. The summed E-state index contributed by atoms with van der Waals surface area (Å²) in [5, 5.41) is 4.24. The zero-order valence-electron chi connectivity index (χ0n) is 16.1. The fourth-order valence-electron chi connectivity index (χ4n) is 3.56. The molecule has 3 heterocycles. The first-order valence-electron chi connectivity index (χ1n) is 9.44. The van der Waals surface area contributed by atoms with E-state index in [0.29, 0.717) is 18.1 Å². The van der Waals surface area contributed by atoms with Crippen LogP contribution in [0, 0.1) is 6.92 Å². The molecule has 1 atom stereocenters. The van der Waals surface area contributed by atoms with Crippen molar-refractivity contribution in [3.05, 3.63) is 65.9 Å². The molecule has 1 fully saturated rings. The van der Waals surface area contributed by atoms with Gasteiger partial charge in [0.2, 0.25) is 5.88 Å². The van der Waals surface area contributed by atoms with Crippen LogP contribution in [0.1, 0.15) is 40.5 Å². The van der Waals surface area contributed by atoms with Gasteiger partial charge < -0.3 is 9.64 Å². The topological polar surface area (TPSA) is 73.1 Å². The van der Waals surface area contributed by atoms with E-state index in [9.17, 15) is 4.79 Å². The first-order valence-corrected chi connectivity index (χ1v) is 9.44. The average Bonchev–Trinajstić information content (AvgIpc) is 3.14. The Morgan fingerprint density at radius 1 is 1.21 bits per heavy atom. The lowest BCUT2D eigenvalue weighted by atomic mass is 9.94. The molecule has 0 aliphatic carbocycles. The number of hydrogen-bond donors (Lipinski definition) is 0. The number of piperidine rings is 1. The molecule has 3 aromatic rings. The lowest BCUT2D eigenvalue weighted by molar-refractivity contribution is 0.0698. The van der Waals surface area contributed by atoms with Crippen molar-refractivity contribution >= 4 is 5.91 Å². The second kappa shape index (κ2) is 7.80. The van der Waals surface area contributed by atoms with Crippen LogP contribution in [-0.4, -0.2) is 43.6 Å². The summed E-state index contributed by atoms with van der Waals surface area (Å²) in [6.45, 7) is 3.32. The second-order valence-corrected chi connectivity index (χ2v) is 7.13. The highest BCUT2D eigenvalue weighted by molar-refractivity contribution is 5.92. The summed E-state index contributed by atoms with van der Waals surface area (Å²) in [6.07, 6.45) is 6.94. The highest BCUT2D eigenvalue weighted by Gasteiger charge is 2.29. The maximum absolute atomic E-state index is 12.8. The number of nitrogens with zero attached hydrogens (tertiary/aromatic N) is 5. The van der Waals surface area contributed by atoms with Crippen LogP contribution in [0.15, 0.2) is 48.9 Å². The number of aromatic nitrogens is 4. The van der Waals surface area contributed by atoms with Crippen LogP contribution < -0.4 is 4.74 Å². The summed E-state index contributed by atoms with van der Waals surface area (Å²) in [4.78, 5) is 23.6. The van der Waals surface area contributed by atoms with Crippen molar-refractivity contribution in [1.29, 1.82) is 0 Å². The number of ether oxygens (including phenoxy) is 1. The summed E-state index contributed by atoms with van der Waals surface area (Å²) in [7, 11) is 1.81. The monoisotopic (exact) mass is 377 g/mol. The maximum Gasteiger partial charge on any atom is 0.274 e. The fraction of sp³-hybridized carbons (Fsp3) is 0.333. The molecule has 1 aromatic carbocycles. The van der Waals surface area contributed by atoms with Gasteiger partial charge >= 0.3 is 0 Å². The molecular formula is C21H23N5O2. The molecule has 0 radical (unpaired) electrons. The first-order chi connectivity index (χ1) is 13.6. The third-order valence-corrected chi connectivity index (χ3v) is 4.92. The van der Waals surface area contributed by atoms with Crippen molar-refractivity contribution < 1.29 is 9.53 Å². The Morgan fingerprint density at radius 3 is 2.86 bits per heavy atom. The molecule has 144 valence electrons. The van der Waals surface area contributed by atoms with Crippen LogP contribution in [-0.2, 0) is 7.05 Å². The third kappa shape index (κ3) is 3.88. The van der Waals surface area contributed by atoms with Crippen LogP contribution in [0.25, 0.3) is 0 Å². The number of likely N-dealkylation sites (tertiary alicyclic amines) is 1. The van der Waals surface area contributed by atoms with E-state index in [1.165, 1.54) is 0 Å². The van der Waals surface area contributed by atoms with E-state index in [2.05, 4.69) is 15.1 Å². The Balaban J connectivity index is 1.54. The average molecular weight is 377 g/mol. The van der Waals surface area contributed by atoms with Gasteiger partial charge in [0, 0.05) is 44.6 Å². The van der Waals surface area contributed by atoms with Crippen LogP contribution in [0.5, 0.6) is 11.6 Å². The second-order valence-electron chi connectivity index (χ2n) is 7.13. The van der Waals surface area contributed by atoms with Crippen molar-refractivity contribution in [1.82, 2.24) is 24.6 Å². The summed E-state index contributed by atoms with van der Waals surface area (Å²) in [6, 6.07) is 9.60. The van der Waals surface area contributed by atoms with Gasteiger partial charge in [0.15, 0.2) is 0 Å². The fourth-order valence-corrected chi connectivity index (χ4v) is 3.56. The van der Waals surface area contributed by atoms with Crippen LogP contribution >= 0.6 is 0 Å². The lowest BCUT2D eigenvalue weighted by Gasteiger charge is -2.32. The SMILES string of the molecule is Cc1cccc(Oc2nccnc2C2CCCN(C(=O)c3ccn(C)n3)C2)c1. The largest absolute Gasteiger partial charge is 0.437 e. The normalized spacial score (nSPS) is 16.8. The highest BCUT2D eigenvalue weighted by Crippen LogP contribution is 2.33. The number of carbonyl (C=O) groups is 1. The molecule has 7 nitrogen and oxygen atoms in total. The molecule has 1 aliphatic heterocycles. The van der Waals surface area contributed by atoms with Gasteiger partial charge in [0.05, 0.1) is 0 Å². The predicted molar refractivity (Wildman–Crippen MR) is 104 cm³/mol. The molecule has 0 saturated carbocycles. The minimum Gasteiger partial charge on any atom is -0.437 e. The number of hydrogen-bond acceptors (Lipinski definition) is 5. The van der Waals surface area contributed by atoms with E-state index in [0.717, 1.165) is 36.4 Å². The van der Waals surface area contributed by atoms with Crippen molar-refractivity contribution in [3.63, 3.8) is 0 Å². The summed E-state index contributed by atoms with van der Waals surface area (Å²) < 4.78 is 7.68. The van der Waals surface area contributed by atoms with Crippen LogP contribution in [0.4, 0.5) is 0 Å². The number of carbonyl (C=O) groups excluding carboxylic acids is 1. The molecule has 7 heteroatoms. The predicted octanol–water partition coefficient (Wildman–Crippen LogP) is 3.33. The Labute approximate surface area is 164 Å². The zero-order chi connectivity index (χ0) is 19.5. The van der Waals surface area contributed by atoms with Gasteiger partial charge in [-0.1, -0.05) is 12.1 Å². The molecule has 2 aromatic heterocycles. The molecule has 1 unspecified atom stereocenters. The molecule has 1 saturated heterocycles. The molecule has 28 heavy (non-hydrogen) atoms. The van der Waals surface area contributed by atoms with Crippen LogP contribution in [0.3, 0.4) is 0 Å². The Hall–Kier alpha value is -3.22. The Morgan fingerprint density at radius 2 is 2.07 bits per heavy atom. The molecule has 0 spiro atoms. The minimum atomic E-state index is -0.0460. The molecular weight excluding hydrogens is 354 g/mol. The van der Waals surface area contributed by atoms with Crippen molar-refractivity contribution in [2.24, 2.45) is 7.05 Å². The summed E-state index contributed by atoms with van der Waals surface area (Å²) >= 11 is 0. The van der Waals surface area contributed by atoms with Gasteiger partial charge in [-0.25, -0.2) is 4.98 Å². The molecule has 0 N–H and O–H groups in total. The standard InChI is InChI=1S/C21H23N5O2/c1-15-5-3-7-17(13-15)28-20-19(22-9-10-23-20)16-6-4-11-26(14-16)21(27)18-8-12-25(2)24-18/h3,5,7-10,12-13,16H,4,6,11,14H2,1-2H3. The molecule has 1 amide bonds. The van der Waals surface area contributed by atoms with E-state index in [-0.39, 0.29) is 11.8 Å². The summed E-state index contributed by atoms with van der Waals surface area (Å²) in [5.41, 5.74) is 2.38. The zero-order valence-corrected chi connectivity index (χ0v) is 16.1. The van der Waals surface area contributed by atoms with E-state index < -0.39 is 0 Å². The van der Waals surface area contributed by atoms with E-state index in [1.807, 2.05) is 43.1 Å². The Bertz CT molecular complexity index is 984. The molecule has 0 bridgehead atoms. The van der Waals surface area contributed by atoms with Gasteiger partial charge in [-0.05, 0) is 43.5 Å². The summed E-state index contributed by atoms with van der Waals surface area (Å²) in [5.74, 6) is 1.27. The highest BCUT2D eigenvalue weighted by atomic mass is 16.5. The molecule has 1 aliphatic rings. The Kier molecular flexibility index (Phi) is 5.06. The van der Waals surface area contributed by atoms with Crippen LogP contribution in [0.2, 0.25) is 0 Å². The number of benzene rings is 1. The van der Waals surface area contributed by atoms with Gasteiger partial charge in [0.1, 0.15) is 17.1 Å². The van der Waals surface area contributed by atoms with E-state index in [1.54, 1.807) is 29.3 Å². The number of aryl methyl sites for hydroxylation is 2. The van der Waals surface area contributed by atoms with Crippen molar-refractivity contribution in [2.75, 3.05) is 13.1 Å². The van der Waals surface area contributed by atoms with Gasteiger partial charge in [0.25, 0.3) is 5.91 Å². The molecule has 4 rings (SSSR count). The van der Waals surface area contributed by atoms with Gasteiger partial charge in [-0.2, -0.15) is 5.10 Å². The maximum atomic E-state index is 12.8. The van der Waals surface area contributed by atoms with Gasteiger partial charge in [-0.15, -0.1) is 0 Å². The minimum absolute atomic E-state index is 0.0460. The third-order valence-electron chi connectivity index (χ3n) is 4.92. The number of rotatable bonds is 4.